The van der Waals surface area contributed by atoms with Gasteiger partial charge in [0.1, 0.15) is 0 Å². The van der Waals surface area contributed by atoms with E-state index in [4.69, 9.17) is 9.47 Å². The van der Waals surface area contributed by atoms with Crippen molar-refractivity contribution in [1.82, 2.24) is 4.90 Å². The Bertz CT molecular complexity index is 1390. The Morgan fingerprint density at radius 2 is 1.04 bits per heavy atom. The number of carbonyl (C=O) groups is 3. The van der Waals surface area contributed by atoms with Crippen LogP contribution in [-0.2, 0) is 28.6 Å². The number of aliphatic hydroxyl groups is 1. The number of esters is 2. The molecule has 0 aromatic heterocycles. The summed E-state index contributed by atoms with van der Waals surface area (Å²) in [7, 11) is -3.93. The van der Waals surface area contributed by atoms with Crippen LogP contribution >= 0.6 is 11.8 Å². The van der Waals surface area contributed by atoms with E-state index in [-0.39, 0.29) is 0 Å². The van der Waals surface area contributed by atoms with Gasteiger partial charge in [0.2, 0.25) is 11.9 Å². The van der Waals surface area contributed by atoms with Crippen molar-refractivity contribution >= 4 is 45.8 Å². The van der Waals surface area contributed by atoms with Gasteiger partial charge < -0.3 is 19.5 Å². The minimum Gasteiger partial charge on any atom is -0.465 e. The SMILES string of the molecule is CC(O)C1C(=O)N(C(C(=O)OC(C)[Si](C)(C)C)C(=O)OC(C)[Si](C)(C)C)C1SC(c1ccccc1)(c1ccccc1)c1ccccc1. The van der Waals surface area contributed by atoms with Gasteiger partial charge in [-0.2, -0.15) is 0 Å². The number of hydrogen-bond donors (Lipinski definition) is 1. The zero-order valence-electron chi connectivity index (χ0n) is 29.0. The number of aliphatic hydroxyl groups excluding tert-OH is 1. The Hall–Kier alpha value is -3.19. The van der Waals surface area contributed by atoms with Crippen molar-refractivity contribution in [2.24, 2.45) is 5.92 Å². The number of thioether (sulfide) groups is 1. The molecule has 3 aromatic carbocycles. The summed E-state index contributed by atoms with van der Waals surface area (Å²) >= 11 is 1.45. The van der Waals surface area contributed by atoms with Crippen molar-refractivity contribution in [3.63, 3.8) is 0 Å². The van der Waals surface area contributed by atoms with E-state index in [0.717, 1.165) is 16.7 Å². The summed E-state index contributed by atoms with van der Waals surface area (Å²) in [6.45, 7) is 17.7. The van der Waals surface area contributed by atoms with Crippen LogP contribution < -0.4 is 0 Å². The van der Waals surface area contributed by atoms with Gasteiger partial charge in [0.25, 0.3) is 0 Å². The monoisotopic (exact) mass is 691 g/mol. The fourth-order valence-corrected chi connectivity index (χ4v) is 8.37. The normalized spacial score (nSPS) is 19.6. The summed E-state index contributed by atoms with van der Waals surface area (Å²) in [6, 6.07) is 28.3. The van der Waals surface area contributed by atoms with Gasteiger partial charge in [-0.05, 0) is 37.5 Å². The molecule has 1 amide bonds. The summed E-state index contributed by atoms with van der Waals surface area (Å²) in [4.78, 5) is 43.6. The molecule has 1 fully saturated rings. The van der Waals surface area contributed by atoms with Gasteiger partial charge in [-0.15, -0.1) is 11.8 Å². The Morgan fingerprint density at radius 1 is 0.702 bits per heavy atom. The standard InChI is InChI=1S/C37H49NO6SSi2/c1-25(39)31-33(40)38(32(35(41)43-26(2)46(4,5)6)36(42)44-27(3)47(7,8)9)34(31)45-37(28-19-13-10-14-20-28,29-21-15-11-16-22-29)30-23-17-12-18-24-30/h10-27,31-32,34,39H,1-9H3. The number of hydrogen-bond acceptors (Lipinski definition) is 7. The number of β-lactam (4-membered cyclic amide) rings is 1. The predicted octanol–water partition coefficient (Wildman–Crippen LogP) is 6.86. The first-order valence-electron chi connectivity index (χ1n) is 16.3. The average Bonchev–Trinajstić information content (AvgIpc) is 3.01. The highest BCUT2D eigenvalue weighted by Crippen LogP contribution is 2.55. The molecule has 7 nitrogen and oxygen atoms in total. The van der Waals surface area contributed by atoms with E-state index >= 15 is 0 Å². The molecule has 0 saturated carbocycles. The largest absolute Gasteiger partial charge is 0.465 e. The summed E-state index contributed by atoms with van der Waals surface area (Å²) in [5, 5.41) is 10.2. The smallest absolute Gasteiger partial charge is 0.340 e. The van der Waals surface area contributed by atoms with E-state index in [1.54, 1.807) is 6.92 Å². The minimum atomic E-state index is -1.97. The van der Waals surface area contributed by atoms with Crippen molar-refractivity contribution in [2.75, 3.05) is 0 Å². The Morgan fingerprint density at radius 3 is 1.34 bits per heavy atom. The molecule has 1 heterocycles. The molecule has 1 aliphatic rings. The lowest BCUT2D eigenvalue weighted by Gasteiger charge is -2.53. The summed E-state index contributed by atoms with van der Waals surface area (Å²) in [5.74, 6) is -2.97. The number of rotatable bonds is 13. The topological polar surface area (TPSA) is 93.1 Å². The second-order valence-corrected chi connectivity index (χ2v) is 27.0. The van der Waals surface area contributed by atoms with Crippen molar-refractivity contribution in [3.8, 4) is 0 Å². The molecule has 0 bridgehead atoms. The fourth-order valence-electron chi connectivity index (χ4n) is 5.42. The van der Waals surface area contributed by atoms with Crippen LogP contribution in [0, 0.1) is 5.92 Å². The van der Waals surface area contributed by atoms with Gasteiger partial charge in [-0.3, -0.25) is 4.79 Å². The van der Waals surface area contributed by atoms with Crippen LogP contribution in [0.1, 0.15) is 37.5 Å². The molecule has 0 aliphatic carbocycles. The van der Waals surface area contributed by atoms with E-state index in [1.807, 2.05) is 105 Å². The highest BCUT2D eigenvalue weighted by molar-refractivity contribution is 8.01. The maximum absolute atomic E-state index is 14.1. The molecule has 3 aromatic rings. The number of carbonyl (C=O) groups excluding carboxylic acids is 3. The van der Waals surface area contributed by atoms with E-state index in [0.29, 0.717) is 0 Å². The molecule has 0 radical (unpaired) electrons. The lowest BCUT2D eigenvalue weighted by Crippen LogP contribution is -2.70. The second kappa shape index (κ2) is 14.5. The first-order chi connectivity index (χ1) is 22.0. The lowest BCUT2D eigenvalue weighted by molar-refractivity contribution is -0.182. The highest BCUT2D eigenvalue weighted by Gasteiger charge is 2.60. The van der Waals surface area contributed by atoms with Gasteiger partial charge in [0, 0.05) is 0 Å². The Balaban J connectivity index is 1.91. The zero-order valence-corrected chi connectivity index (χ0v) is 31.8. The van der Waals surface area contributed by atoms with E-state index < -0.39 is 73.6 Å². The van der Waals surface area contributed by atoms with Crippen molar-refractivity contribution in [2.45, 2.75) is 93.8 Å². The lowest BCUT2D eigenvalue weighted by atomic mass is 9.84. The molecular formula is C37H49NO6SSi2. The van der Waals surface area contributed by atoms with Crippen molar-refractivity contribution in [1.29, 1.82) is 0 Å². The molecule has 5 unspecified atom stereocenters. The number of benzene rings is 3. The van der Waals surface area contributed by atoms with Crippen LogP contribution in [0.4, 0.5) is 0 Å². The molecule has 1 N–H and O–H groups in total. The van der Waals surface area contributed by atoms with Gasteiger partial charge >= 0.3 is 11.9 Å². The fraction of sp³-hybridized carbons (Fsp3) is 0.432. The Labute approximate surface area is 286 Å². The van der Waals surface area contributed by atoms with Crippen LogP contribution in [0.3, 0.4) is 0 Å². The summed E-state index contributed by atoms with van der Waals surface area (Å²) < 4.78 is 11.1. The maximum Gasteiger partial charge on any atom is 0.340 e. The molecule has 1 aliphatic heterocycles. The first-order valence-corrected chi connectivity index (χ1v) is 24.3. The van der Waals surface area contributed by atoms with Gasteiger partial charge in [0.05, 0.1) is 49.7 Å². The molecule has 1 saturated heterocycles. The zero-order chi connectivity index (χ0) is 34.7. The number of nitrogens with zero attached hydrogens (tertiary/aromatic N) is 1. The first kappa shape index (κ1) is 36.6. The number of likely N-dealkylation sites (tertiary alicyclic amines) is 1. The molecule has 0 spiro atoms. The van der Waals surface area contributed by atoms with E-state index in [2.05, 4.69) is 39.3 Å². The van der Waals surface area contributed by atoms with Gasteiger partial charge in [-0.25, -0.2) is 9.59 Å². The molecule has 47 heavy (non-hydrogen) atoms. The van der Waals surface area contributed by atoms with Crippen LogP contribution in [0.2, 0.25) is 39.3 Å². The molecule has 4 rings (SSSR count). The summed E-state index contributed by atoms with van der Waals surface area (Å²) in [6.07, 6.45) is -1.04. The minimum absolute atomic E-state index is 0.410. The van der Waals surface area contributed by atoms with Crippen molar-refractivity contribution in [3.05, 3.63) is 108 Å². The Kier molecular flexibility index (Phi) is 11.3. The highest BCUT2D eigenvalue weighted by atomic mass is 32.2. The van der Waals surface area contributed by atoms with Crippen LogP contribution in [0.25, 0.3) is 0 Å². The quantitative estimate of drug-likeness (QED) is 0.0688. The average molecular weight is 692 g/mol. The molecule has 5 atom stereocenters. The third kappa shape index (κ3) is 7.77. The molecular weight excluding hydrogens is 643 g/mol. The number of amides is 1. The van der Waals surface area contributed by atoms with Gasteiger partial charge in [0.15, 0.2) is 0 Å². The van der Waals surface area contributed by atoms with Crippen LogP contribution in [0.5, 0.6) is 0 Å². The van der Waals surface area contributed by atoms with Gasteiger partial charge in [-0.1, -0.05) is 130 Å². The van der Waals surface area contributed by atoms with E-state index in [1.165, 1.54) is 16.7 Å². The maximum atomic E-state index is 14.1. The van der Waals surface area contributed by atoms with Crippen LogP contribution in [-0.4, -0.2) is 73.0 Å². The second-order valence-electron chi connectivity index (χ2n) is 14.6. The van der Waals surface area contributed by atoms with Crippen molar-refractivity contribution < 1.29 is 29.0 Å². The molecule has 10 heteroatoms. The molecule has 252 valence electrons. The third-order valence-corrected chi connectivity index (χ3v) is 16.2. The van der Waals surface area contributed by atoms with E-state index in [9.17, 15) is 19.5 Å². The number of ether oxygens (including phenoxy) is 2. The third-order valence-electron chi connectivity index (χ3n) is 9.23. The summed E-state index contributed by atoms with van der Waals surface area (Å²) in [5.41, 5.74) is 2.03. The van der Waals surface area contributed by atoms with Crippen LogP contribution in [0.15, 0.2) is 91.0 Å². The predicted molar refractivity (Wildman–Crippen MR) is 194 cm³/mol.